The predicted molar refractivity (Wildman–Crippen MR) is 139 cm³/mol. The molecule has 0 saturated carbocycles. The predicted octanol–water partition coefficient (Wildman–Crippen LogP) is 0.721. The number of carbonyl (C=O) groups is 2. The summed E-state index contributed by atoms with van der Waals surface area (Å²) in [4.78, 5) is 25.7. The lowest BCUT2D eigenvalue weighted by Crippen LogP contribution is -2.62. The van der Waals surface area contributed by atoms with E-state index < -0.39 is 78.3 Å². The van der Waals surface area contributed by atoms with Gasteiger partial charge in [-0.1, -0.05) is 25.2 Å². The second-order valence-electron chi connectivity index (χ2n) is 11.1. The summed E-state index contributed by atoms with van der Waals surface area (Å²) >= 11 is 0. The molecule has 10 atom stereocenters. The van der Waals surface area contributed by atoms with Gasteiger partial charge in [0.25, 0.3) is 0 Å². The number of hydrogen-bond donors (Lipinski definition) is 5. The van der Waals surface area contributed by atoms with E-state index in [-0.39, 0.29) is 17.6 Å². The Hall–Kier alpha value is -2.58. The van der Waals surface area contributed by atoms with Crippen molar-refractivity contribution in [2.75, 3.05) is 6.61 Å². The summed E-state index contributed by atoms with van der Waals surface area (Å²) in [7, 11) is 0. The first-order valence-electron chi connectivity index (χ1n) is 13.0. The average molecular weight is 569 g/mol. The van der Waals surface area contributed by atoms with Crippen molar-refractivity contribution >= 4 is 11.9 Å². The Morgan fingerprint density at radius 3 is 2.50 bits per heavy atom. The molecule has 40 heavy (non-hydrogen) atoms. The summed E-state index contributed by atoms with van der Waals surface area (Å²) < 4.78 is 28.0. The van der Waals surface area contributed by atoms with Crippen molar-refractivity contribution < 1.29 is 58.8 Å². The molecule has 0 aromatic heterocycles. The SMILES string of the molecule is C=C[C@](C)(O)CC/C=C(\C)C(=O)O[C@H]1C[C@]2(C)C(=CO[C@@H](O[C@@H]3O[C@H](CO)[C@@H](O)[C@H](O)[C@H]3O)[C@]2(C)C=C)C(=O)O1. The van der Waals surface area contributed by atoms with Crippen LogP contribution < -0.4 is 0 Å². The average Bonchev–Trinajstić information content (AvgIpc) is 2.90. The minimum Gasteiger partial charge on any atom is -0.471 e. The second kappa shape index (κ2) is 12.1. The van der Waals surface area contributed by atoms with E-state index in [9.17, 15) is 35.1 Å². The fourth-order valence-electron chi connectivity index (χ4n) is 4.95. The maximum absolute atomic E-state index is 13.0. The molecule has 0 spiro atoms. The van der Waals surface area contributed by atoms with Gasteiger partial charge in [0.1, 0.15) is 24.4 Å². The van der Waals surface area contributed by atoms with E-state index in [1.54, 1.807) is 33.8 Å². The summed E-state index contributed by atoms with van der Waals surface area (Å²) in [6.45, 7) is 13.4. The summed E-state index contributed by atoms with van der Waals surface area (Å²) in [5, 5.41) is 50.2. The van der Waals surface area contributed by atoms with Crippen molar-refractivity contribution in [2.24, 2.45) is 10.8 Å². The van der Waals surface area contributed by atoms with Crippen molar-refractivity contribution in [1.29, 1.82) is 0 Å². The fourth-order valence-corrected chi connectivity index (χ4v) is 4.95. The maximum Gasteiger partial charge on any atom is 0.340 e. The molecule has 3 aliphatic rings. The maximum atomic E-state index is 13.0. The van der Waals surface area contributed by atoms with Gasteiger partial charge in [-0.3, -0.25) is 0 Å². The first kappa shape index (κ1) is 31.9. The number of aliphatic hydroxyl groups excluding tert-OH is 4. The number of fused-ring (bicyclic) bond motifs is 1. The molecule has 2 fully saturated rings. The molecule has 0 aromatic carbocycles. The van der Waals surface area contributed by atoms with Gasteiger partial charge < -0.3 is 49.2 Å². The Balaban J connectivity index is 1.79. The van der Waals surface area contributed by atoms with Gasteiger partial charge in [-0.05, 0) is 33.6 Å². The molecule has 0 radical (unpaired) electrons. The largest absolute Gasteiger partial charge is 0.471 e. The Morgan fingerprint density at radius 1 is 1.23 bits per heavy atom. The smallest absolute Gasteiger partial charge is 0.340 e. The van der Waals surface area contributed by atoms with Crippen molar-refractivity contribution in [3.63, 3.8) is 0 Å². The zero-order valence-corrected chi connectivity index (χ0v) is 23.2. The highest BCUT2D eigenvalue weighted by molar-refractivity contribution is 5.92. The van der Waals surface area contributed by atoms with Crippen LogP contribution in [-0.4, -0.2) is 93.0 Å². The van der Waals surface area contributed by atoms with Gasteiger partial charge in [-0.25, -0.2) is 9.59 Å². The van der Waals surface area contributed by atoms with E-state index in [0.29, 0.717) is 12.8 Å². The minimum atomic E-state index is -1.68. The van der Waals surface area contributed by atoms with Crippen molar-refractivity contribution in [3.8, 4) is 0 Å². The third kappa shape index (κ3) is 6.03. The minimum absolute atomic E-state index is 0.00912. The zero-order chi connectivity index (χ0) is 30.0. The van der Waals surface area contributed by atoms with E-state index in [2.05, 4.69) is 13.2 Å². The number of carbonyl (C=O) groups excluding carboxylic acids is 2. The Labute approximate surface area is 233 Å². The molecule has 0 amide bonds. The van der Waals surface area contributed by atoms with Gasteiger partial charge in [0.05, 0.1) is 29.5 Å². The van der Waals surface area contributed by atoms with Crippen LogP contribution in [0, 0.1) is 10.8 Å². The van der Waals surface area contributed by atoms with E-state index >= 15 is 0 Å². The summed E-state index contributed by atoms with van der Waals surface area (Å²) in [6, 6.07) is 0. The topological polar surface area (TPSA) is 181 Å². The van der Waals surface area contributed by atoms with Crippen LogP contribution in [0.5, 0.6) is 0 Å². The molecule has 2 saturated heterocycles. The van der Waals surface area contributed by atoms with Crippen LogP contribution in [-0.2, 0) is 33.3 Å². The lowest BCUT2D eigenvalue weighted by Gasteiger charge is -2.54. The highest BCUT2D eigenvalue weighted by Gasteiger charge is 2.61. The quantitative estimate of drug-likeness (QED) is 0.142. The van der Waals surface area contributed by atoms with Crippen molar-refractivity contribution in [1.82, 2.24) is 0 Å². The lowest BCUT2D eigenvalue weighted by molar-refractivity contribution is -0.352. The van der Waals surface area contributed by atoms with Gasteiger partial charge in [0, 0.05) is 17.4 Å². The van der Waals surface area contributed by atoms with E-state index in [4.69, 9.17) is 23.7 Å². The normalized spacial score (nSPS) is 39.5. The van der Waals surface area contributed by atoms with Gasteiger partial charge in [0.2, 0.25) is 12.6 Å². The molecule has 3 heterocycles. The third-order valence-corrected chi connectivity index (χ3v) is 8.25. The fraction of sp³-hybridized carbons (Fsp3) is 0.643. The molecule has 0 bridgehead atoms. The molecular weight excluding hydrogens is 528 g/mol. The molecule has 3 aliphatic heterocycles. The molecule has 0 unspecified atom stereocenters. The number of ether oxygens (including phenoxy) is 5. The van der Waals surface area contributed by atoms with E-state index in [0.717, 1.165) is 6.26 Å². The standard InChI is InChI=1S/C28H40O12/c1-7-26(4,35)11-9-10-15(3)22(33)38-18-12-28(6)16(23(34)39-18)14-36-25(27(28,5)8-2)40-24-21(32)20(31)19(30)17(13-29)37-24/h7-8,10,14,17-21,24-25,29-32,35H,1-2,9,11-13H2,3-6H3/b15-10+/t17-,18-,19-,20+,21-,24+,25+,26+,27+,28-/m1/s1. The number of aliphatic hydroxyl groups is 5. The number of allylic oxidation sites excluding steroid dienone is 1. The summed E-state index contributed by atoms with van der Waals surface area (Å²) in [5.74, 6) is -1.47. The molecule has 224 valence electrons. The number of rotatable bonds is 10. The van der Waals surface area contributed by atoms with Crippen LogP contribution in [0.4, 0.5) is 0 Å². The molecule has 12 nitrogen and oxygen atoms in total. The monoisotopic (exact) mass is 568 g/mol. The Kier molecular flexibility index (Phi) is 9.67. The van der Waals surface area contributed by atoms with Crippen LogP contribution in [0.25, 0.3) is 0 Å². The first-order chi connectivity index (χ1) is 18.6. The van der Waals surface area contributed by atoms with Crippen LogP contribution >= 0.6 is 0 Å². The lowest BCUT2D eigenvalue weighted by atomic mass is 9.57. The van der Waals surface area contributed by atoms with Crippen LogP contribution in [0.2, 0.25) is 0 Å². The molecule has 12 heteroatoms. The van der Waals surface area contributed by atoms with Crippen molar-refractivity contribution in [2.45, 2.75) is 95.8 Å². The summed E-state index contributed by atoms with van der Waals surface area (Å²) in [5.41, 5.74) is -2.96. The highest BCUT2D eigenvalue weighted by atomic mass is 16.8. The number of esters is 2. The highest BCUT2D eigenvalue weighted by Crippen LogP contribution is 2.57. The number of cyclic esters (lactones) is 1. The van der Waals surface area contributed by atoms with Gasteiger partial charge >= 0.3 is 11.9 Å². The van der Waals surface area contributed by atoms with E-state index in [1.807, 2.05) is 0 Å². The van der Waals surface area contributed by atoms with Crippen LogP contribution in [0.3, 0.4) is 0 Å². The number of hydrogen-bond acceptors (Lipinski definition) is 12. The van der Waals surface area contributed by atoms with Crippen LogP contribution in [0.1, 0.15) is 47.0 Å². The molecule has 0 aliphatic carbocycles. The van der Waals surface area contributed by atoms with Gasteiger partial charge in [-0.2, -0.15) is 0 Å². The molecule has 0 aromatic rings. The summed E-state index contributed by atoms with van der Waals surface area (Å²) in [6.07, 6.45) is -3.65. The third-order valence-electron chi connectivity index (χ3n) is 8.25. The van der Waals surface area contributed by atoms with Gasteiger partial charge in [0.15, 0.2) is 6.29 Å². The Morgan fingerprint density at radius 2 is 1.90 bits per heavy atom. The Bertz CT molecular complexity index is 1050. The van der Waals surface area contributed by atoms with Crippen molar-refractivity contribution in [3.05, 3.63) is 48.8 Å². The zero-order valence-electron chi connectivity index (χ0n) is 23.2. The molecule has 3 rings (SSSR count). The molecular formula is C28H40O12. The molecule has 5 N–H and O–H groups in total. The van der Waals surface area contributed by atoms with Gasteiger partial charge in [-0.15, -0.1) is 13.2 Å². The first-order valence-corrected chi connectivity index (χ1v) is 13.0. The van der Waals surface area contributed by atoms with Crippen LogP contribution in [0.15, 0.2) is 48.8 Å². The van der Waals surface area contributed by atoms with E-state index in [1.165, 1.54) is 12.2 Å². The second-order valence-corrected chi connectivity index (χ2v) is 11.1.